The molecule has 0 unspecified atom stereocenters. The SMILES string of the molecule is NC(=O)c1cc(C(=O)N2[C@@H]3CCCC[C@@H]3C[C@H]2C(=O)O)nn1-c1ccccc1. The van der Waals surface area contributed by atoms with Gasteiger partial charge >= 0.3 is 5.97 Å². The van der Waals surface area contributed by atoms with E-state index < -0.39 is 23.8 Å². The fourth-order valence-corrected chi connectivity index (χ4v) is 4.53. The highest BCUT2D eigenvalue weighted by Gasteiger charge is 2.48. The number of fused-ring (bicyclic) bond motifs is 1. The van der Waals surface area contributed by atoms with Crippen molar-refractivity contribution in [2.45, 2.75) is 44.2 Å². The zero-order valence-corrected chi connectivity index (χ0v) is 15.3. The van der Waals surface area contributed by atoms with Crippen LogP contribution in [0.4, 0.5) is 0 Å². The number of amides is 2. The first-order chi connectivity index (χ1) is 13.5. The lowest BCUT2D eigenvalue weighted by Crippen LogP contribution is -2.46. The lowest BCUT2D eigenvalue weighted by Gasteiger charge is -2.32. The predicted molar refractivity (Wildman–Crippen MR) is 100 cm³/mol. The number of primary amides is 1. The van der Waals surface area contributed by atoms with Crippen LogP contribution in [0.1, 0.15) is 53.1 Å². The molecular weight excluding hydrogens is 360 g/mol. The predicted octanol–water partition coefficient (Wildman–Crippen LogP) is 1.83. The molecule has 1 aliphatic carbocycles. The Morgan fingerprint density at radius 2 is 1.82 bits per heavy atom. The molecule has 2 heterocycles. The van der Waals surface area contributed by atoms with E-state index in [4.69, 9.17) is 5.73 Å². The molecule has 0 spiro atoms. The third kappa shape index (κ3) is 3.04. The van der Waals surface area contributed by atoms with Gasteiger partial charge in [0.25, 0.3) is 11.8 Å². The Morgan fingerprint density at radius 3 is 2.50 bits per heavy atom. The summed E-state index contributed by atoms with van der Waals surface area (Å²) in [4.78, 5) is 38.4. The van der Waals surface area contributed by atoms with E-state index in [0.717, 1.165) is 25.7 Å². The molecular formula is C20H22N4O4. The highest BCUT2D eigenvalue weighted by atomic mass is 16.4. The van der Waals surface area contributed by atoms with Crippen LogP contribution in [0.15, 0.2) is 36.4 Å². The van der Waals surface area contributed by atoms with E-state index in [1.165, 1.54) is 15.6 Å². The van der Waals surface area contributed by atoms with Crippen molar-refractivity contribution in [3.63, 3.8) is 0 Å². The van der Waals surface area contributed by atoms with E-state index in [0.29, 0.717) is 12.1 Å². The smallest absolute Gasteiger partial charge is 0.326 e. The van der Waals surface area contributed by atoms with Gasteiger partial charge in [-0.05, 0) is 37.3 Å². The number of carboxylic acid groups (broad SMARTS) is 1. The van der Waals surface area contributed by atoms with Gasteiger partial charge in [0.2, 0.25) is 0 Å². The number of nitrogens with zero attached hydrogens (tertiary/aromatic N) is 3. The first-order valence-corrected chi connectivity index (χ1v) is 9.48. The van der Waals surface area contributed by atoms with Crippen molar-refractivity contribution in [3.05, 3.63) is 47.8 Å². The summed E-state index contributed by atoms with van der Waals surface area (Å²) < 4.78 is 1.33. The van der Waals surface area contributed by atoms with Crippen molar-refractivity contribution in [3.8, 4) is 5.69 Å². The minimum Gasteiger partial charge on any atom is -0.480 e. The molecule has 2 aliphatic rings. The molecule has 28 heavy (non-hydrogen) atoms. The van der Waals surface area contributed by atoms with Crippen LogP contribution in [-0.4, -0.2) is 49.7 Å². The molecule has 2 amide bonds. The zero-order valence-electron chi connectivity index (χ0n) is 15.3. The number of carboxylic acids is 1. The third-order valence-electron chi connectivity index (χ3n) is 5.79. The van der Waals surface area contributed by atoms with Crippen LogP contribution in [0.5, 0.6) is 0 Å². The van der Waals surface area contributed by atoms with Crippen LogP contribution in [0.2, 0.25) is 0 Å². The monoisotopic (exact) mass is 382 g/mol. The number of benzene rings is 1. The number of nitrogens with two attached hydrogens (primary N) is 1. The van der Waals surface area contributed by atoms with Gasteiger partial charge in [0.05, 0.1) is 5.69 Å². The van der Waals surface area contributed by atoms with Gasteiger partial charge in [0, 0.05) is 12.1 Å². The first-order valence-electron chi connectivity index (χ1n) is 9.48. The second-order valence-electron chi connectivity index (χ2n) is 7.44. The average Bonchev–Trinajstić information content (AvgIpc) is 3.31. The van der Waals surface area contributed by atoms with Gasteiger partial charge in [-0.15, -0.1) is 0 Å². The molecule has 0 radical (unpaired) electrons. The average molecular weight is 382 g/mol. The van der Waals surface area contributed by atoms with Gasteiger partial charge in [-0.3, -0.25) is 9.59 Å². The molecule has 8 nitrogen and oxygen atoms in total. The van der Waals surface area contributed by atoms with E-state index in [-0.39, 0.29) is 23.3 Å². The molecule has 8 heteroatoms. The van der Waals surface area contributed by atoms with Crippen LogP contribution in [-0.2, 0) is 4.79 Å². The number of hydrogen-bond donors (Lipinski definition) is 2. The van der Waals surface area contributed by atoms with Crippen LogP contribution >= 0.6 is 0 Å². The van der Waals surface area contributed by atoms with E-state index >= 15 is 0 Å². The number of rotatable bonds is 4. The number of likely N-dealkylation sites (tertiary alicyclic amines) is 1. The summed E-state index contributed by atoms with van der Waals surface area (Å²) in [6, 6.07) is 9.30. The summed E-state index contributed by atoms with van der Waals surface area (Å²) >= 11 is 0. The zero-order chi connectivity index (χ0) is 19.8. The molecule has 1 aromatic heterocycles. The minimum absolute atomic E-state index is 0.0372. The largest absolute Gasteiger partial charge is 0.480 e. The van der Waals surface area contributed by atoms with Crippen molar-refractivity contribution >= 4 is 17.8 Å². The Hall–Kier alpha value is -3.16. The summed E-state index contributed by atoms with van der Waals surface area (Å²) in [5, 5.41) is 14.0. The standard InChI is InChI=1S/C20H22N4O4/c21-18(25)16-11-14(22-24(16)13-7-2-1-3-8-13)19(26)23-15-9-5-4-6-12(15)10-17(23)20(27)28/h1-3,7-8,11-12,15,17H,4-6,9-10H2,(H2,21,25)(H,27,28)/t12-,15-,17+/m1/s1. The highest BCUT2D eigenvalue weighted by molar-refractivity contribution is 5.99. The number of carbonyl (C=O) groups excluding carboxylic acids is 2. The summed E-state index contributed by atoms with van der Waals surface area (Å²) in [6.45, 7) is 0. The van der Waals surface area contributed by atoms with E-state index in [1.54, 1.807) is 24.3 Å². The molecule has 1 saturated carbocycles. The number of carbonyl (C=O) groups is 3. The number of aromatic nitrogens is 2. The number of hydrogen-bond acceptors (Lipinski definition) is 4. The Morgan fingerprint density at radius 1 is 1.11 bits per heavy atom. The number of aliphatic carboxylic acids is 1. The molecule has 3 N–H and O–H groups in total. The van der Waals surface area contributed by atoms with E-state index in [2.05, 4.69) is 5.10 Å². The van der Waals surface area contributed by atoms with Crippen LogP contribution in [0, 0.1) is 5.92 Å². The Labute approximate surface area is 161 Å². The normalized spacial score (nSPS) is 24.0. The summed E-state index contributed by atoms with van der Waals surface area (Å²) in [5.74, 6) is -1.97. The van der Waals surface area contributed by atoms with Crippen LogP contribution < -0.4 is 5.73 Å². The maximum Gasteiger partial charge on any atom is 0.326 e. The molecule has 4 rings (SSSR count). The quantitative estimate of drug-likeness (QED) is 0.836. The second-order valence-corrected chi connectivity index (χ2v) is 7.44. The van der Waals surface area contributed by atoms with Crippen molar-refractivity contribution < 1.29 is 19.5 Å². The summed E-state index contributed by atoms with van der Waals surface area (Å²) in [7, 11) is 0. The lowest BCUT2D eigenvalue weighted by molar-refractivity contribution is -0.141. The maximum absolute atomic E-state index is 13.3. The maximum atomic E-state index is 13.3. The van der Waals surface area contributed by atoms with Crippen LogP contribution in [0.25, 0.3) is 5.69 Å². The van der Waals surface area contributed by atoms with Crippen molar-refractivity contribution in [1.82, 2.24) is 14.7 Å². The Balaban J connectivity index is 1.73. The molecule has 3 atom stereocenters. The van der Waals surface area contributed by atoms with Gasteiger partial charge in [-0.1, -0.05) is 31.0 Å². The van der Waals surface area contributed by atoms with Gasteiger partial charge in [-0.25, -0.2) is 9.48 Å². The van der Waals surface area contributed by atoms with Crippen molar-refractivity contribution in [2.24, 2.45) is 11.7 Å². The topological polar surface area (TPSA) is 119 Å². The van der Waals surface area contributed by atoms with Gasteiger partial charge in [-0.2, -0.15) is 5.10 Å². The second kappa shape index (κ2) is 7.10. The Bertz CT molecular complexity index is 924. The first kappa shape index (κ1) is 18.2. The molecule has 1 aliphatic heterocycles. The molecule has 146 valence electrons. The number of para-hydroxylation sites is 1. The van der Waals surface area contributed by atoms with Crippen molar-refractivity contribution in [1.29, 1.82) is 0 Å². The molecule has 2 aromatic rings. The molecule has 1 aromatic carbocycles. The molecule has 2 fully saturated rings. The summed E-state index contributed by atoms with van der Waals surface area (Å²) in [6.07, 6.45) is 4.23. The minimum atomic E-state index is -1.000. The fourth-order valence-electron chi connectivity index (χ4n) is 4.53. The van der Waals surface area contributed by atoms with E-state index in [1.807, 2.05) is 6.07 Å². The molecule has 1 saturated heterocycles. The van der Waals surface area contributed by atoms with Gasteiger partial charge in [0.15, 0.2) is 5.69 Å². The van der Waals surface area contributed by atoms with Crippen LogP contribution in [0.3, 0.4) is 0 Å². The van der Waals surface area contributed by atoms with Crippen molar-refractivity contribution in [2.75, 3.05) is 0 Å². The highest BCUT2D eigenvalue weighted by Crippen LogP contribution is 2.40. The van der Waals surface area contributed by atoms with Gasteiger partial charge in [0.1, 0.15) is 11.7 Å². The van der Waals surface area contributed by atoms with E-state index in [9.17, 15) is 19.5 Å². The van der Waals surface area contributed by atoms with Gasteiger partial charge < -0.3 is 15.7 Å². The Kier molecular flexibility index (Phi) is 4.62. The fraction of sp³-hybridized carbons (Fsp3) is 0.400. The summed E-state index contributed by atoms with van der Waals surface area (Å²) in [5.41, 5.74) is 6.20. The molecule has 0 bridgehead atoms. The lowest BCUT2D eigenvalue weighted by atomic mass is 9.84. The third-order valence-corrected chi connectivity index (χ3v) is 5.79.